The first-order valence-corrected chi connectivity index (χ1v) is 5.60. The first kappa shape index (κ1) is 10.7. The normalized spacial score (nSPS) is 10.8. The minimum atomic E-state index is 0.665. The summed E-state index contributed by atoms with van der Waals surface area (Å²) in [6.07, 6.45) is 6.84. The molecule has 0 saturated heterocycles. The molecule has 0 aromatic carbocycles. The van der Waals surface area contributed by atoms with Crippen LogP contribution in [0.3, 0.4) is 0 Å². The van der Waals surface area contributed by atoms with Gasteiger partial charge in [0.15, 0.2) is 11.5 Å². The summed E-state index contributed by atoms with van der Waals surface area (Å²) >= 11 is 0. The maximum atomic E-state index is 4.31. The molecule has 0 radical (unpaired) electrons. The summed E-state index contributed by atoms with van der Waals surface area (Å²) < 4.78 is 0. The molecule has 18 heavy (non-hydrogen) atoms. The lowest BCUT2D eigenvalue weighted by atomic mass is 10.2. The van der Waals surface area contributed by atoms with E-state index in [1.165, 1.54) is 6.33 Å². The van der Waals surface area contributed by atoms with Crippen molar-refractivity contribution < 1.29 is 0 Å². The van der Waals surface area contributed by atoms with Gasteiger partial charge in [0, 0.05) is 29.5 Å². The molecule has 0 amide bonds. The summed E-state index contributed by atoms with van der Waals surface area (Å²) in [6, 6.07) is 1.97. The molecule has 88 valence electrons. The summed E-state index contributed by atoms with van der Waals surface area (Å²) in [6.45, 7) is 3.89. The summed E-state index contributed by atoms with van der Waals surface area (Å²) in [7, 11) is 0. The fourth-order valence-corrected chi connectivity index (χ4v) is 1.73. The van der Waals surface area contributed by atoms with Crippen molar-refractivity contribution in [2.75, 3.05) is 0 Å². The summed E-state index contributed by atoms with van der Waals surface area (Å²) in [5.41, 5.74) is 3.51. The third kappa shape index (κ3) is 1.79. The standard InChI is InChI=1S/C13H11N5/c1-8-4-14-12(15-5-8)10-3-11-9(2)17-7-18-13(11)16-6-10/h3-7H,1-2H3. The van der Waals surface area contributed by atoms with Crippen molar-refractivity contribution in [2.45, 2.75) is 13.8 Å². The average molecular weight is 237 g/mol. The molecule has 0 fully saturated rings. The Hall–Kier alpha value is -2.43. The highest BCUT2D eigenvalue weighted by Crippen LogP contribution is 2.19. The Morgan fingerprint density at radius 2 is 1.61 bits per heavy atom. The van der Waals surface area contributed by atoms with Gasteiger partial charge in [-0.05, 0) is 25.5 Å². The second-order valence-electron chi connectivity index (χ2n) is 4.14. The Kier molecular flexibility index (Phi) is 2.44. The molecule has 0 atom stereocenters. The Labute approximate surface area is 104 Å². The summed E-state index contributed by atoms with van der Waals surface area (Å²) in [4.78, 5) is 21.2. The van der Waals surface area contributed by atoms with Crippen LogP contribution < -0.4 is 0 Å². The SMILES string of the molecule is Cc1cnc(-c2cnc3ncnc(C)c3c2)nc1. The Morgan fingerprint density at radius 3 is 2.39 bits per heavy atom. The van der Waals surface area contributed by atoms with Crippen molar-refractivity contribution >= 4 is 11.0 Å². The number of aryl methyl sites for hydroxylation is 2. The van der Waals surface area contributed by atoms with Crippen LogP contribution in [0, 0.1) is 13.8 Å². The van der Waals surface area contributed by atoms with Crippen molar-refractivity contribution in [3.05, 3.63) is 42.2 Å². The zero-order valence-electron chi connectivity index (χ0n) is 10.1. The van der Waals surface area contributed by atoms with Crippen molar-refractivity contribution in [3.63, 3.8) is 0 Å². The van der Waals surface area contributed by atoms with Crippen molar-refractivity contribution in [1.29, 1.82) is 0 Å². The number of hydrogen-bond donors (Lipinski definition) is 0. The molecule has 0 N–H and O–H groups in total. The van der Waals surface area contributed by atoms with Gasteiger partial charge >= 0.3 is 0 Å². The fourth-order valence-electron chi connectivity index (χ4n) is 1.73. The van der Waals surface area contributed by atoms with Gasteiger partial charge in [-0.15, -0.1) is 0 Å². The second kappa shape index (κ2) is 4.10. The first-order valence-electron chi connectivity index (χ1n) is 5.60. The number of hydrogen-bond acceptors (Lipinski definition) is 5. The van der Waals surface area contributed by atoms with Crippen LogP contribution in [0.1, 0.15) is 11.3 Å². The van der Waals surface area contributed by atoms with Gasteiger partial charge in [0.1, 0.15) is 6.33 Å². The molecular formula is C13H11N5. The highest BCUT2D eigenvalue weighted by atomic mass is 14.9. The number of pyridine rings is 1. The van der Waals surface area contributed by atoms with E-state index in [1.807, 2.05) is 19.9 Å². The third-order valence-corrected chi connectivity index (χ3v) is 2.73. The minimum absolute atomic E-state index is 0.665. The van der Waals surface area contributed by atoms with E-state index in [4.69, 9.17) is 0 Å². The largest absolute Gasteiger partial charge is 0.241 e. The number of aromatic nitrogens is 5. The third-order valence-electron chi connectivity index (χ3n) is 2.73. The topological polar surface area (TPSA) is 64.5 Å². The number of nitrogens with zero attached hydrogens (tertiary/aromatic N) is 5. The molecule has 3 aromatic rings. The molecule has 0 aliphatic carbocycles. The predicted octanol–water partition coefficient (Wildman–Crippen LogP) is 2.10. The predicted molar refractivity (Wildman–Crippen MR) is 67.8 cm³/mol. The smallest absolute Gasteiger partial charge is 0.162 e. The molecule has 0 aliphatic rings. The van der Waals surface area contributed by atoms with Crippen LogP contribution in [-0.2, 0) is 0 Å². The van der Waals surface area contributed by atoms with Gasteiger partial charge in [0.25, 0.3) is 0 Å². The van der Waals surface area contributed by atoms with Crippen molar-refractivity contribution in [3.8, 4) is 11.4 Å². The zero-order valence-corrected chi connectivity index (χ0v) is 10.1. The van der Waals surface area contributed by atoms with E-state index in [0.717, 1.165) is 22.2 Å². The van der Waals surface area contributed by atoms with E-state index < -0.39 is 0 Å². The Balaban J connectivity index is 2.18. The molecule has 0 spiro atoms. The molecule has 0 saturated carbocycles. The molecule has 0 aliphatic heterocycles. The Morgan fingerprint density at radius 1 is 0.833 bits per heavy atom. The fraction of sp³-hybridized carbons (Fsp3) is 0.154. The minimum Gasteiger partial charge on any atom is -0.241 e. The maximum absolute atomic E-state index is 4.31. The van der Waals surface area contributed by atoms with Gasteiger partial charge in [-0.3, -0.25) is 0 Å². The molecule has 0 unspecified atom stereocenters. The molecule has 3 rings (SSSR count). The van der Waals surface area contributed by atoms with Crippen LogP contribution in [0.15, 0.2) is 31.0 Å². The van der Waals surface area contributed by atoms with Crippen molar-refractivity contribution in [2.24, 2.45) is 0 Å². The van der Waals surface area contributed by atoms with Crippen molar-refractivity contribution in [1.82, 2.24) is 24.9 Å². The number of rotatable bonds is 1. The number of fused-ring (bicyclic) bond motifs is 1. The summed E-state index contributed by atoms with van der Waals surface area (Å²) in [5.74, 6) is 0.665. The van der Waals surface area contributed by atoms with Crippen LogP contribution in [0.2, 0.25) is 0 Å². The quantitative estimate of drug-likeness (QED) is 0.648. The molecule has 3 heterocycles. The zero-order chi connectivity index (χ0) is 12.5. The lowest BCUT2D eigenvalue weighted by Crippen LogP contribution is -1.94. The molecule has 3 aromatic heterocycles. The van der Waals surface area contributed by atoms with Gasteiger partial charge < -0.3 is 0 Å². The molecule has 5 heteroatoms. The van der Waals surface area contributed by atoms with E-state index in [-0.39, 0.29) is 0 Å². The first-order chi connectivity index (χ1) is 8.74. The van der Waals surface area contributed by atoms with Gasteiger partial charge in [-0.2, -0.15) is 0 Å². The highest BCUT2D eigenvalue weighted by molar-refractivity contribution is 5.81. The second-order valence-corrected chi connectivity index (χ2v) is 4.14. The van der Waals surface area contributed by atoms with Crippen LogP contribution in [0.5, 0.6) is 0 Å². The lowest BCUT2D eigenvalue weighted by molar-refractivity contribution is 1.11. The lowest BCUT2D eigenvalue weighted by Gasteiger charge is -2.03. The average Bonchev–Trinajstić information content (AvgIpc) is 2.40. The van der Waals surface area contributed by atoms with Crippen LogP contribution in [-0.4, -0.2) is 24.9 Å². The molecular weight excluding hydrogens is 226 g/mol. The molecule has 0 bridgehead atoms. The van der Waals surface area contributed by atoms with E-state index >= 15 is 0 Å². The Bertz CT molecular complexity index is 706. The van der Waals surface area contributed by atoms with Crippen LogP contribution >= 0.6 is 0 Å². The van der Waals surface area contributed by atoms with Gasteiger partial charge in [0.2, 0.25) is 0 Å². The maximum Gasteiger partial charge on any atom is 0.162 e. The van der Waals surface area contributed by atoms with Gasteiger partial charge in [-0.25, -0.2) is 24.9 Å². The van der Waals surface area contributed by atoms with Crippen LogP contribution in [0.4, 0.5) is 0 Å². The van der Waals surface area contributed by atoms with E-state index in [2.05, 4.69) is 24.9 Å². The van der Waals surface area contributed by atoms with Gasteiger partial charge in [-0.1, -0.05) is 0 Å². The van der Waals surface area contributed by atoms with Gasteiger partial charge in [0.05, 0.1) is 5.69 Å². The highest BCUT2D eigenvalue weighted by Gasteiger charge is 2.06. The molecule has 5 nitrogen and oxygen atoms in total. The van der Waals surface area contributed by atoms with E-state index in [9.17, 15) is 0 Å². The monoisotopic (exact) mass is 237 g/mol. The van der Waals surface area contributed by atoms with Crippen LogP contribution in [0.25, 0.3) is 22.4 Å². The summed E-state index contributed by atoms with van der Waals surface area (Å²) in [5, 5.41) is 0.930. The van der Waals surface area contributed by atoms with E-state index in [0.29, 0.717) is 11.5 Å². The van der Waals surface area contributed by atoms with E-state index in [1.54, 1.807) is 18.6 Å².